The Balaban J connectivity index is 0. The summed E-state index contributed by atoms with van der Waals surface area (Å²) in [5.74, 6) is -2.76. The number of aliphatic carboxylic acids is 1. The average molecular weight is 206 g/mol. The Hall–Kier alpha value is -0.860. The van der Waals surface area contributed by atoms with E-state index in [-0.39, 0.29) is 13.2 Å². The van der Waals surface area contributed by atoms with E-state index in [1.807, 2.05) is 0 Å². The van der Waals surface area contributed by atoms with Crippen molar-refractivity contribution in [2.24, 2.45) is 0 Å². The van der Waals surface area contributed by atoms with Crippen LogP contribution in [-0.4, -0.2) is 51.9 Å². The van der Waals surface area contributed by atoms with Crippen LogP contribution in [0.5, 0.6) is 0 Å². The lowest BCUT2D eigenvalue weighted by Crippen LogP contribution is -2.21. The van der Waals surface area contributed by atoms with Gasteiger partial charge in [-0.25, -0.2) is 4.79 Å². The average Bonchev–Trinajstić information content (AvgIpc) is 2.02. The van der Waals surface area contributed by atoms with Gasteiger partial charge in [0.2, 0.25) is 0 Å². The fourth-order valence-electron chi connectivity index (χ4n) is 0.0577. The number of alkyl halides is 3. The van der Waals surface area contributed by atoms with Crippen LogP contribution >= 0.6 is 0 Å². The lowest BCUT2D eigenvalue weighted by Gasteiger charge is -1.96. The number of hydrogen-bond acceptors (Lipinski definition) is 4. The fraction of sp³-hybridized carbons (Fsp3) is 0.800. The van der Waals surface area contributed by atoms with Crippen molar-refractivity contribution < 1.29 is 38.4 Å². The molecule has 80 valence electrons. The fourth-order valence-corrected chi connectivity index (χ4v) is 0.0577. The first-order valence-electron chi connectivity index (χ1n) is 2.95. The largest absolute Gasteiger partial charge is 0.490 e. The number of carboxylic acid groups (broad SMARTS) is 1. The van der Waals surface area contributed by atoms with Crippen molar-refractivity contribution in [2.75, 3.05) is 13.2 Å². The molecule has 0 saturated carbocycles. The molecule has 0 saturated heterocycles. The Kier molecular flexibility index (Phi) is 7.48. The highest BCUT2D eigenvalue weighted by Gasteiger charge is 2.38. The van der Waals surface area contributed by atoms with Gasteiger partial charge in [-0.1, -0.05) is 0 Å². The molecule has 0 aromatic carbocycles. The molecule has 0 aromatic heterocycles. The van der Waals surface area contributed by atoms with E-state index in [2.05, 4.69) is 0 Å². The van der Waals surface area contributed by atoms with Gasteiger partial charge in [0, 0.05) is 0 Å². The van der Waals surface area contributed by atoms with Gasteiger partial charge in [0.25, 0.3) is 0 Å². The van der Waals surface area contributed by atoms with Crippen molar-refractivity contribution in [2.45, 2.75) is 12.3 Å². The van der Waals surface area contributed by atoms with Crippen LogP contribution in [-0.2, 0) is 4.79 Å². The zero-order chi connectivity index (χ0) is 11.1. The maximum absolute atomic E-state index is 10.6. The lowest BCUT2D eigenvalue weighted by atomic mass is 10.4. The van der Waals surface area contributed by atoms with Crippen molar-refractivity contribution in [3.05, 3.63) is 0 Å². The van der Waals surface area contributed by atoms with Crippen molar-refractivity contribution in [1.29, 1.82) is 0 Å². The van der Waals surface area contributed by atoms with Gasteiger partial charge in [-0.2, -0.15) is 13.2 Å². The molecule has 0 heterocycles. The van der Waals surface area contributed by atoms with Crippen LogP contribution in [0.15, 0.2) is 0 Å². The summed E-state index contributed by atoms with van der Waals surface area (Å²) in [6, 6.07) is 0. The second-order valence-corrected chi connectivity index (χ2v) is 1.82. The first-order chi connectivity index (χ1) is 5.75. The SMILES string of the molecule is O=C(O)C(F)(F)F.OCC(O)CO. The zero-order valence-corrected chi connectivity index (χ0v) is 6.32. The number of aliphatic hydroxyl groups is 3. The lowest BCUT2D eigenvalue weighted by molar-refractivity contribution is -0.192. The molecule has 0 rings (SSSR count). The normalized spacial score (nSPS) is 10.7. The molecule has 0 aliphatic heterocycles. The van der Waals surface area contributed by atoms with Gasteiger partial charge in [0.15, 0.2) is 0 Å². The molecular formula is C5H9F3O5. The number of aliphatic hydroxyl groups excluding tert-OH is 3. The van der Waals surface area contributed by atoms with Gasteiger partial charge >= 0.3 is 12.1 Å². The number of hydrogen-bond donors (Lipinski definition) is 4. The topological polar surface area (TPSA) is 98.0 Å². The zero-order valence-electron chi connectivity index (χ0n) is 6.32. The second kappa shape index (κ2) is 6.63. The third-order valence-corrected chi connectivity index (χ3v) is 0.664. The van der Waals surface area contributed by atoms with Crippen molar-refractivity contribution in [1.82, 2.24) is 0 Å². The highest BCUT2D eigenvalue weighted by Crippen LogP contribution is 2.13. The minimum absolute atomic E-state index is 0.365. The van der Waals surface area contributed by atoms with E-state index >= 15 is 0 Å². The summed E-state index contributed by atoms with van der Waals surface area (Å²) in [7, 11) is 0. The summed E-state index contributed by atoms with van der Waals surface area (Å²) in [6.45, 7) is -0.729. The van der Waals surface area contributed by atoms with Gasteiger partial charge in [0.1, 0.15) is 6.10 Å². The molecule has 0 amide bonds. The van der Waals surface area contributed by atoms with E-state index in [0.717, 1.165) is 0 Å². The summed E-state index contributed by atoms with van der Waals surface area (Å²) >= 11 is 0. The quantitative estimate of drug-likeness (QED) is 0.463. The Bertz CT molecular complexity index is 142. The molecular weight excluding hydrogens is 197 g/mol. The smallest absolute Gasteiger partial charge is 0.475 e. The van der Waals surface area contributed by atoms with Crippen LogP contribution in [0, 0.1) is 0 Å². The Morgan fingerprint density at radius 2 is 1.46 bits per heavy atom. The van der Waals surface area contributed by atoms with Gasteiger partial charge in [-0.05, 0) is 0 Å². The molecule has 0 unspecified atom stereocenters. The minimum atomic E-state index is -5.08. The summed E-state index contributed by atoms with van der Waals surface area (Å²) in [6.07, 6.45) is -6.04. The summed E-state index contributed by atoms with van der Waals surface area (Å²) in [5.41, 5.74) is 0. The number of carboxylic acids is 1. The molecule has 13 heavy (non-hydrogen) atoms. The van der Waals surface area contributed by atoms with E-state index in [9.17, 15) is 13.2 Å². The molecule has 0 radical (unpaired) electrons. The van der Waals surface area contributed by atoms with Crippen molar-refractivity contribution in [3.8, 4) is 0 Å². The summed E-state index contributed by atoms with van der Waals surface area (Å²) in [4.78, 5) is 8.90. The number of rotatable bonds is 2. The predicted molar refractivity (Wildman–Crippen MR) is 33.9 cm³/mol. The van der Waals surface area contributed by atoms with Crippen molar-refractivity contribution in [3.63, 3.8) is 0 Å². The first-order valence-corrected chi connectivity index (χ1v) is 2.95. The maximum atomic E-state index is 10.6. The number of halogens is 3. The first kappa shape index (κ1) is 14.7. The Morgan fingerprint density at radius 1 is 1.23 bits per heavy atom. The molecule has 4 N–H and O–H groups in total. The van der Waals surface area contributed by atoms with E-state index in [1.165, 1.54) is 0 Å². The standard InChI is InChI=1S/C3H8O3.C2HF3O2/c4-1-3(6)2-5;3-2(4,5)1(6)7/h3-6H,1-2H2;(H,6,7). The van der Waals surface area contributed by atoms with E-state index in [0.29, 0.717) is 0 Å². The molecule has 5 nitrogen and oxygen atoms in total. The van der Waals surface area contributed by atoms with Gasteiger partial charge in [0.05, 0.1) is 13.2 Å². The molecule has 0 aliphatic rings. The van der Waals surface area contributed by atoms with Crippen LogP contribution in [0.2, 0.25) is 0 Å². The number of carbonyl (C=O) groups is 1. The predicted octanol–water partition coefficient (Wildman–Crippen LogP) is -1.03. The maximum Gasteiger partial charge on any atom is 0.490 e. The minimum Gasteiger partial charge on any atom is -0.475 e. The Labute approximate surface area is 71.0 Å². The van der Waals surface area contributed by atoms with E-state index < -0.39 is 18.2 Å². The molecule has 0 aromatic rings. The summed E-state index contributed by atoms with van der Waals surface area (Å²) in [5, 5.41) is 31.1. The van der Waals surface area contributed by atoms with Crippen LogP contribution in [0.25, 0.3) is 0 Å². The van der Waals surface area contributed by atoms with Crippen LogP contribution < -0.4 is 0 Å². The monoisotopic (exact) mass is 206 g/mol. The highest BCUT2D eigenvalue weighted by molar-refractivity contribution is 5.73. The second-order valence-electron chi connectivity index (χ2n) is 1.82. The molecule has 0 fully saturated rings. The van der Waals surface area contributed by atoms with E-state index in [4.69, 9.17) is 25.2 Å². The van der Waals surface area contributed by atoms with Gasteiger partial charge in [-0.3, -0.25) is 0 Å². The van der Waals surface area contributed by atoms with Gasteiger partial charge in [-0.15, -0.1) is 0 Å². The Morgan fingerprint density at radius 3 is 1.46 bits per heavy atom. The molecule has 0 aliphatic carbocycles. The molecule has 8 heteroatoms. The van der Waals surface area contributed by atoms with Crippen LogP contribution in [0.4, 0.5) is 13.2 Å². The third-order valence-electron chi connectivity index (χ3n) is 0.664. The molecule has 0 bridgehead atoms. The van der Waals surface area contributed by atoms with Gasteiger partial charge < -0.3 is 20.4 Å². The van der Waals surface area contributed by atoms with E-state index in [1.54, 1.807) is 0 Å². The third kappa shape index (κ3) is 11.1. The van der Waals surface area contributed by atoms with Crippen LogP contribution in [0.1, 0.15) is 0 Å². The van der Waals surface area contributed by atoms with Crippen molar-refractivity contribution >= 4 is 5.97 Å². The van der Waals surface area contributed by atoms with Crippen LogP contribution in [0.3, 0.4) is 0 Å². The molecule has 0 atom stereocenters. The highest BCUT2D eigenvalue weighted by atomic mass is 19.4. The molecule has 0 spiro atoms. The summed E-state index contributed by atoms with van der Waals surface area (Å²) < 4.78 is 31.7.